The largest absolute Gasteiger partial charge is 0.385 e. The van der Waals surface area contributed by atoms with E-state index in [0.29, 0.717) is 13.0 Å². The van der Waals surface area contributed by atoms with E-state index in [1.807, 2.05) is 0 Å². The minimum absolute atomic E-state index is 0.0498. The van der Waals surface area contributed by atoms with Gasteiger partial charge in [-0.2, -0.15) is 0 Å². The molecule has 84 valence electrons. The van der Waals surface area contributed by atoms with E-state index in [9.17, 15) is 14.7 Å². The molecule has 0 radical (unpaired) electrons. The monoisotopic (exact) mass is 215 g/mol. The molecule has 1 aliphatic heterocycles. The molecule has 0 bridgehead atoms. The first-order valence-corrected chi connectivity index (χ1v) is 4.74. The number of H-pyrrole nitrogens is 2. The lowest BCUT2D eigenvalue weighted by Crippen LogP contribution is -2.45. The van der Waals surface area contributed by atoms with Gasteiger partial charge in [0, 0.05) is 13.0 Å². The molecule has 15 heavy (non-hydrogen) atoms. The molecule has 0 aromatic carbocycles. The Hall–Kier alpha value is -1.34. The van der Waals surface area contributed by atoms with Gasteiger partial charge in [0.25, 0.3) is 0 Å². The van der Waals surface area contributed by atoms with E-state index in [0.717, 1.165) is 4.57 Å². The Kier molecular flexibility index (Phi) is 2.28. The number of aliphatic hydroxyl groups is 1. The van der Waals surface area contributed by atoms with Crippen LogP contribution < -0.4 is 11.4 Å². The summed E-state index contributed by atoms with van der Waals surface area (Å²) in [7, 11) is 0. The minimum Gasteiger partial charge on any atom is -0.385 e. The predicted octanol–water partition coefficient (Wildman–Crippen LogP) is -1.60. The highest BCUT2D eigenvalue weighted by atomic mass is 16.5. The summed E-state index contributed by atoms with van der Waals surface area (Å²) in [6.07, 6.45) is 0.0456. The molecule has 1 aliphatic rings. The standard InChI is InChI=1S/C8H13N3O4/c1-5-8(14,2-3-15-5)4-11-6(12)9-10-7(11)13/h5,14H,2-4H2,1H3,(H,9,12)(H,10,13). The summed E-state index contributed by atoms with van der Waals surface area (Å²) >= 11 is 0. The van der Waals surface area contributed by atoms with Crippen LogP contribution in [0, 0.1) is 0 Å². The van der Waals surface area contributed by atoms with Gasteiger partial charge < -0.3 is 9.84 Å². The summed E-state index contributed by atoms with van der Waals surface area (Å²) in [5.41, 5.74) is -2.24. The second kappa shape index (κ2) is 3.35. The Labute approximate surface area is 84.7 Å². The molecule has 1 aromatic heterocycles. The van der Waals surface area contributed by atoms with E-state index in [4.69, 9.17) is 4.74 Å². The third-order valence-corrected chi connectivity index (χ3v) is 2.86. The molecule has 3 N–H and O–H groups in total. The third kappa shape index (κ3) is 1.64. The smallest absolute Gasteiger partial charge is 0.344 e. The lowest BCUT2D eigenvalue weighted by Gasteiger charge is -2.25. The van der Waals surface area contributed by atoms with Crippen molar-refractivity contribution in [2.24, 2.45) is 0 Å². The summed E-state index contributed by atoms with van der Waals surface area (Å²) in [5, 5.41) is 14.5. The van der Waals surface area contributed by atoms with Crippen molar-refractivity contribution in [3.8, 4) is 0 Å². The van der Waals surface area contributed by atoms with Crippen LogP contribution in [0.2, 0.25) is 0 Å². The van der Waals surface area contributed by atoms with Crippen LogP contribution in [-0.2, 0) is 11.3 Å². The molecule has 0 spiro atoms. The van der Waals surface area contributed by atoms with Gasteiger partial charge in [-0.25, -0.2) is 24.4 Å². The van der Waals surface area contributed by atoms with E-state index >= 15 is 0 Å². The Morgan fingerprint density at radius 2 is 2.13 bits per heavy atom. The summed E-state index contributed by atoms with van der Waals surface area (Å²) in [4.78, 5) is 22.4. The van der Waals surface area contributed by atoms with Crippen LogP contribution in [-0.4, -0.2) is 38.2 Å². The second-order valence-corrected chi connectivity index (χ2v) is 3.81. The lowest BCUT2D eigenvalue weighted by atomic mass is 9.97. The van der Waals surface area contributed by atoms with Crippen molar-refractivity contribution in [2.75, 3.05) is 6.61 Å². The van der Waals surface area contributed by atoms with E-state index in [2.05, 4.69) is 10.2 Å². The molecule has 1 fully saturated rings. The molecule has 2 atom stereocenters. The fourth-order valence-corrected chi connectivity index (χ4v) is 1.73. The highest BCUT2D eigenvalue weighted by Gasteiger charge is 2.40. The van der Waals surface area contributed by atoms with Crippen LogP contribution in [0.25, 0.3) is 0 Å². The quantitative estimate of drug-likeness (QED) is 0.553. The fraction of sp³-hybridized carbons (Fsp3) is 0.750. The van der Waals surface area contributed by atoms with Gasteiger partial charge in [0.05, 0.1) is 12.6 Å². The first kappa shape index (κ1) is 10.2. The maximum absolute atomic E-state index is 11.2. The molecule has 0 saturated carbocycles. The van der Waals surface area contributed by atoms with Crippen molar-refractivity contribution in [3.05, 3.63) is 21.0 Å². The zero-order valence-corrected chi connectivity index (χ0v) is 8.32. The molecule has 7 heteroatoms. The van der Waals surface area contributed by atoms with Gasteiger partial charge in [-0.05, 0) is 6.92 Å². The molecule has 0 amide bonds. The normalized spacial score (nSPS) is 30.9. The molecular formula is C8H13N3O4. The first-order valence-electron chi connectivity index (χ1n) is 4.74. The minimum atomic E-state index is -1.14. The first-order chi connectivity index (χ1) is 7.03. The van der Waals surface area contributed by atoms with Gasteiger partial charge in [0.1, 0.15) is 5.60 Å². The van der Waals surface area contributed by atoms with Crippen LogP contribution in [0.3, 0.4) is 0 Å². The Bertz CT molecular complexity index is 431. The summed E-state index contributed by atoms with van der Waals surface area (Å²) < 4.78 is 6.14. The van der Waals surface area contributed by atoms with E-state index < -0.39 is 17.0 Å². The molecule has 1 saturated heterocycles. The Balaban J connectivity index is 2.29. The van der Waals surface area contributed by atoms with E-state index in [-0.39, 0.29) is 12.6 Å². The predicted molar refractivity (Wildman–Crippen MR) is 50.7 cm³/mol. The van der Waals surface area contributed by atoms with Crippen molar-refractivity contribution < 1.29 is 9.84 Å². The van der Waals surface area contributed by atoms with Crippen molar-refractivity contribution in [2.45, 2.75) is 31.6 Å². The number of hydrogen-bond donors (Lipinski definition) is 3. The lowest BCUT2D eigenvalue weighted by molar-refractivity contribution is -0.0399. The number of aromatic amines is 2. The summed E-state index contributed by atoms with van der Waals surface area (Å²) in [6, 6.07) is 0. The maximum Gasteiger partial charge on any atom is 0.344 e. The van der Waals surface area contributed by atoms with Crippen LogP contribution in [0.5, 0.6) is 0 Å². The van der Waals surface area contributed by atoms with Crippen LogP contribution in [0.1, 0.15) is 13.3 Å². The SMILES string of the molecule is CC1OCCC1(O)Cn1c(=O)[nH][nH]c1=O. The summed E-state index contributed by atoms with van der Waals surface area (Å²) in [5.74, 6) is 0. The number of nitrogens with zero attached hydrogens (tertiary/aromatic N) is 1. The second-order valence-electron chi connectivity index (χ2n) is 3.81. The fourth-order valence-electron chi connectivity index (χ4n) is 1.73. The van der Waals surface area contributed by atoms with E-state index in [1.165, 1.54) is 0 Å². The van der Waals surface area contributed by atoms with Gasteiger partial charge in [0.15, 0.2) is 0 Å². The van der Waals surface area contributed by atoms with Crippen molar-refractivity contribution >= 4 is 0 Å². The van der Waals surface area contributed by atoms with E-state index in [1.54, 1.807) is 6.92 Å². The van der Waals surface area contributed by atoms with Gasteiger partial charge in [0.2, 0.25) is 0 Å². The summed E-state index contributed by atoms with van der Waals surface area (Å²) in [6.45, 7) is 2.11. The number of hydrogen-bond acceptors (Lipinski definition) is 4. The molecule has 2 rings (SSSR count). The molecule has 0 aliphatic carbocycles. The highest BCUT2D eigenvalue weighted by Crippen LogP contribution is 2.26. The van der Waals surface area contributed by atoms with Crippen LogP contribution >= 0.6 is 0 Å². The number of aromatic nitrogens is 3. The van der Waals surface area contributed by atoms with Gasteiger partial charge >= 0.3 is 11.4 Å². The van der Waals surface area contributed by atoms with Crippen LogP contribution in [0.15, 0.2) is 9.59 Å². The van der Waals surface area contributed by atoms with Gasteiger partial charge in [-0.3, -0.25) is 0 Å². The van der Waals surface area contributed by atoms with Crippen LogP contribution in [0.4, 0.5) is 0 Å². The Morgan fingerprint density at radius 3 is 2.60 bits per heavy atom. The molecule has 2 heterocycles. The molecule has 2 unspecified atom stereocenters. The maximum atomic E-state index is 11.2. The number of rotatable bonds is 2. The van der Waals surface area contributed by atoms with Gasteiger partial charge in [-0.1, -0.05) is 0 Å². The Morgan fingerprint density at radius 1 is 1.53 bits per heavy atom. The average Bonchev–Trinajstić information content (AvgIpc) is 2.65. The highest BCUT2D eigenvalue weighted by molar-refractivity contribution is 4.90. The molecular weight excluding hydrogens is 202 g/mol. The molecule has 7 nitrogen and oxygen atoms in total. The van der Waals surface area contributed by atoms with Crippen molar-refractivity contribution in [3.63, 3.8) is 0 Å². The molecule has 1 aromatic rings. The number of nitrogens with one attached hydrogen (secondary N) is 2. The average molecular weight is 215 g/mol. The van der Waals surface area contributed by atoms with Crippen molar-refractivity contribution in [1.82, 2.24) is 14.8 Å². The van der Waals surface area contributed by atoms with Crippen molar-refractivity contribution in [1.29, 1.82) is 0 Å². The number of ether oxygens (including phenoxy) is 1. The zero-order chi connectivity index (χ0) is 11.1. The van der Waals surface area contributed by atoms with Gasteiger partial charge in [-0.15, -0.1) is 0 Å². The topological polar surface area (TPSA) is 100 Å². The third-order valence-electron chi connectivity index (χ3n) is 2.86. The zero-order valence-electron chi connectivity index (χ0n) is 8.32.